The molecule has 3 aliphatic rings. The number of hydrogen-bond acceptors (Lipinski definition) is 20. The summed E-state index contributed by atoms with van der Waals surface area (Å²) in [5.41, 5.74) is 39.4. The molecule has 3 rings (SSSR count). The van der Waals surface area contributed by atoms with Crippen molar-refractivity contribution >= 4 is 65.6 Å². The molecular formula is C39H83N15O18. The maximum Gasteiger partial charge on any atom is 0.320 e. The molecule has 0 aromatic carbocycles. The molecule has 422 valence electrons. The molecule has 3 saturated heterocycles. The lowest BCUT2D eigenvalue weighted by atomic mass is 10.0. The highest BCUT2D eigenvalue weighted by Crippen LogP contribution is 2.06. The highest BCUT2D eigenvalue weighted by Gasteiger charge is 2.22. The zero-order chi connectivity index (χ0) is 57.4. The second-order valence-corrected chi connectivity index (χ2v) is 14.9. The zero-order valence-electron chi connectivity index (χ0n) is 40.8. The predicted octanol–water partition coefficient (Wildman–Crippen LogP) is -5.67. The van der Waals surface area contributed by atoms with Crippen LogP contribution in [0, 0.1) is 16.7 Å². The molecule has 72 heavy (non-hydrogen) atoms. The molecule has 32 N–H and O–H groups in total. The number of carbonyl (C=O) groups is 9. The van der Waals surface area contributed by atoms with Crippen LogP contribution in [0.1, 0.15) is 84.5 Å². The van der Waals surface area contributed by atoms with Crippen molar-refractivity contribution in [2.75, 3.05) is 52.4 Å². The first-order chi connectivity index (χ1) is 33.4. The zero-order valence-corrected chi connectivity index (χ0v) is 40.8. The smallest absolute Gasteiger partial charge is 0.320 e. The van der Waals surface area contributed by atoms with E-state index in [0.717, 1.165) is 64.6 Å². The van der Waals surface area contributed by atoms with Crippen molar-refractivity contribution in [3.63, 3.8) is 0 Å². The second-order valence-electron chi connectivity index (χ2n) is 14.9. The van der Waals surface area contributed by atoms with Gasteiger partial charge in [0, 0.05) is 13.1 Å². The summed E-state index contributed by atoms with van der Waals surface area (Å²) in [7, 11) is 0. The minimum Gasteiger partial charge on any atom is -0.480 e. The summed E-state index contributed by atoms with van der Waals surface area (Å²) in [5, 5.41) is 100. The van der Waals surface area contributed by atoms with Crippen LogP contribution >= 0.6 is 0 Å². The predicted molar refractivity (Wildman–Crippen MR) is 261 cm³/mol. The summed E-state index contributed by atoms with van der Waals surface area (Å²) in [6.07, 6.45) is 8.11. The van der Waals surface area contributed by atoms with E-state index >= 15 is 0 Å². The Kier molecular flexibility index (Phi) is 54.2. The summed E-state index contributed by atoms with van der Waals surface area (Å²) in [4.78, 5) is 88.8. The average Bonchev–Trinajstić information content (AvgIpc) is 4.16. The van der Waals surface area contributed by atoms with Gasteiger partial charge in [-0.05, 0) is 89.8 Å². The van der Waals surface area contributed by atoms with Crippen molar-refractivity contribution in [2.24, 2.45) is 51.8 Å². The monoisotopic (exact) mass is 1050 g/mol. The third-order valence-electron chi connectivity index (χ3n) is 8.79. The number of guanidine groups is 2. The van der Waals surface area contributed by atoms with E-state index in [9.17, 15) is 43.2 Å². The maximum atomic E-state index is 10.2. The highest BCUT2D eigenvalue weighted by atomic mass is 16.4. The molecule has 7 atom stereocenters. The third-order valence-corrected chi connectivity index (χ3v) is 8.79. The van der Waals surface area contributed by atoms with Crippen LogP contribution in [0.5, 0.6) is 0 Å². The Morgan fingerprint density at radius 1 is 0.528 bits per heavy atom. The van der Waals surface area contributed by atoms with Gasteiger partial charge in [0.1, 0.15) is 36.3 Å². The number of nitrogens with one attached hydrogen (secondary N) is 7. The van der Waals surface area contributed by atoms with Crippen LogP contribution in [0.25, 0.3) is 0 Å². The summed E-state index contributed by atoms with van der Waals surface area (Å²) < 4.78 is 0. The minimum atomic E-state index is -1.00. The molecule has 0 aromatic heterocycles. The van der Waals surface area contributed by atoms with Crippen LogP contribution in [0.2, 0.25) is 0 Å². The summed E-state index contributed by atoms with van der Waals surface area (Å²) in [6.45, 7) is 6.46. The Morgan fingerprint density at radius 3 is 0.889 bits per heavy atom. The molecular weight excluding hydrogens is 967 g/mol. The van der Waals surface area contributed by atoms with Gasteiger partial charge in [0.2, 0.25) is 0 Å². The molecule has 3 fully saturated rings. The molecule has 0 saturated carbocycles. The Labute approximate surface area is 416 Å². The fraction of sp³-hybridized carbons (Fsp3) is 0.718. The van der Waals surface area contributed by atoms with Crippen molar-refractivity contribution in [1.29, 1.82) is 10.8 Å². The molecule has 0 bridgehead atoms. The van der Waals surface area contributed by atoms with Crippen LogP contribution in [-0.4, -0.2) is 200 Å². The fourth-order valence-corrected chi connectivity index (χ4v) is 4.52. The third kappa shape index (κ3) is 59.5. The van der Waals surface area contributed by atoms with E-state index < -0.39 is 71.8 Å². The Hall–Kier alpha value is -6.59. The van der Waals surface area contributed by atoms with Gasteiger partial charge < -0.3 is 118 Å². The fourth-order valence-electron chi connectivity index (χ4n) is 4.52. The van der Waals surface area contributed by atoms with E-state index in [2.05, 4.69) is 43.8 Å². The van der Waals surface area contributed by atoms with Crippen molar-refractivity contribution in [2.45, 2.75) is 121 Å². The van der Waals surface area contributed by atoms with E-state index in [1.165, 1.54) is 0 Å². The number of hydrogen-bond donors (Lipinski definition) is 24. The SMILES string of the molecule is CC[C@H](C)[C@H](N)C(=O)O.N=C(N)NCCC[C@H](N)C(=O)O.N=C(N)NCCC[C@H](N)C(=O)O.NCC(=O)O.NCC(=O)O.NCC(=O)O.O=C(O)[C@@H]1CCCN1.O=C(O)[C@@H]1CCCN1.O=C(O)[C@@H]1CCCN1. The first-order valence-corrected chi connectivity index (χ1v) is 22.1. The average molecular weight is 1050 g/mol. The van der Waals surface area contributed by atoms with Gasteiger partial charge in [-0.15, -0.1) is 0 Å². The van der Waals surface area contributed by atoms with Gasteiger partial charge in [-0.3, -0.25) is 54.0 Å². The lowest BCUT2D eigenvalue weighted by Crippen LogP contribution is -2.36. The Bertz CT molecular complexity index is 1420. The molecule has 3 aliphatic heterocycles. The summed E-state index contributed by atoms with van der Waals surface area (Å²) in [5.74, 6) is -8.13. The minimum absolute atomic E-state index is 0.0718. The van der Waals surface area contributed by atoms with Crippen molar-refractivity contribution in [1.82, 2.24) is 26.6 Å². The summed E-state index contributed by atoms with van der Waals surface area (Å²) >= 11 is 0. The van der Waals surface area contributed by atoms with Crippen LogP contribution in [0.3, 0.4) is 0 Å². The van der Waals surface area contributed by atoms with E-state index in [1.54, 1.807) is 0 Å². The molecule has 0 amide bonds. The topological polar surface area (TPSA) is 652 Å². The van der Waals surface area contributed by atoms with Gasteiger partial charge in [0.25, 0.3) is 0 Å². The van der Waals surface area contributed by atoms with E-state index in [0.29, 0.717) is 38.8 Å². The lowest BCUT2D eigenvalue weighted by Gasteiger charge is -2.11. The molecule has 0 spiro atoms. The molecule has 0 aromatic rings. The van der Waals surface area contributed by atoms with Gasteiger partial charge in [-0.2, -0.15) is 0 Å². The van der Waals surface area contributed by atoms with Gasteiger partial charge in [0.15, 0.2) is 11.9 Å². The Morgan fingerprint density at radius 2 is 0.778 bits per heavy atom. The standard InChI is InChI=1S/2C6H14N4O2.C6H13NO2.3C5H9NO2.3C2H5NO2/c2*7-4(5(11)12)2-1-3-10-6(8)9;1-3-4(2)5(7)6(8)9;3*7-5(8)4-2-1-3-6-4;3*3-1-2(4)5/h2*4H,1-3,7H2,(H,11,12)(H4,8,9,10);4-5H,3,7H2,1-2H3,(H,8,9);3*4,6H,1-3H2,(H,7,8);3*1,3H2,(H,4,5)/t2*4-;4-,5-;3*4-;;;/m000000.../s1. The van der Waals surface area contributed by atoms with Crippen LogP contribution in [-0.2, 0) is 43.2 Å². The maximum absolute atomic E-state index is 10.2. The van der Waals surface area contributed by atoms with Crippen LogP contribution in [0.15, 0.2) is 0 Å². The first kappa shape index (κ1) is 76.9. The van der Waals surface area contributed by atoms with E-state index in [4.69, 9.17) is 85.4 Å². The number of carboxylic acid groups (broad SMARTS) is 9. The first-order valence-electron chi connectivity index (χ1n) is 22.1. The molecule has 0 unspecified atom stereocenters. The number of rotatable bonds is 19. The van der Waals surface area contributed by atoms with Gasteiger partial charge >= 0.3 is 53.7 Å². The lowest BCUT2D eigenvalue weighted by molar-refractivity contribution is -0.140. The van der Waals surface area contributed by atoms with Crippen molar-refractivity contribution in [3.8, 4) is 0 Å². The second kappa shape index (κ2) is 50.8. The van der Waals surface area contributed by atoms with Gasteiger partial charge in [0.05, 0.1) is 19.6 Å². The molecule has 0 aliphatic carbocycles. The Balaban J connectivity index is -0.000000173. The van der Waals surface area contributed by atoms with Gasteiger partial charge in [-0.1, -0.05) is 20.3 Å². The highest BCUT2D eigenvalue weighted by molar-refractivity contribution is 5.76. The molecule has 3 heterocycles. The van der Waals surface area contributed by atoms with E-state index in [1.807, 2.05) is 13.8 Å². The normalized spacial score (nSPS) is 17.1. The van der Waals surface area contributed by atoms with E-state index in [-0.39, 0.29) is 55.6 Å². The molecule has 0 radical (unpaired) electrons. The van der Waals surface area contributed by atoms with Crippen LogP contribution < -0.4 is 72.5 Å². The number of carboxylic acids is 9. The number of aliphatic carboxylic acids is 9. The van der Waals surface area contributed by atoms with Crippen LogP contribution in [0.4, 0.5) is 0 Å². The molecule has 33 nitrogen and oxygen atoms in total. The number of nitrogens with two attached hydrogens (primary N) is 8. The quantitative estimate of drug-likeness (QED) is 0.0326. The van der Waals surface area contributed by atoms with Gasteiger partial charge in [-0.25, -0.2) is 0 Å². The van der Waals surface area contributed by atoms with Crippen molar-refractivity contribution in [3.05, 3.63) is 0 Å². The summed E-state index contributed by atoms with van der Waals surface area (Å²) in [6, 6.07) is -3.15. The van der Waals surface area contributed by atoms with Crippen molar-refractivity contribution < 1.29 is 89.1 Å². The molecule has 33 heteroatoms. The largest absolute Gasteiger partial charge is 0.480 e.